The molecule has 4 saturated carbocycles. The molecule has 4 aliphatic rings. The molecule has 1 aromatic rings. The van der Waals surface area contributed by atoms with E-state index in [9.17, 15) is 14.4 Å². The van der Waals surface area contributed by atoms with Crippen LogP contribution >= 0.6 is 0 Å². The highest BCUT2D eigenvalue weighted by molar-refractivity contribution is 5.95. The quantitative estimate of drug-likeness (QED) is 0.725. The van der Waals surface area contributed by atoms with Crippen LogP contribution < -0.4 is 5.32 Å². The summed E-state index contributed by atoms with van der Waals surface area (Å²) >= 11 is 0. The van der Waals surface area contributed by atoms with Gasteiger partial charge in [-0.2, -0.15) is 0 Å². The van der Waals surface area contributed by atoms with Crippen LogP contribution in [0.5, 0.6) is 0 Å². The molecule has 1 heterocycles. The smallest absolute Gasteiger partial charge is 0.329 e. The Kier molecular flexibility index (Phi) is 5.06. The second-order valence-electron chi connectivity index (χ2n) is 9.40. The number of rotatable bonds is 7. The van der Waals surface area contributed by atoms with E-state index in [0.29, 0.717) is 17.8 Å². The molecule has 4 aliphatic carbocycles. The number of hydrogen-bond acceptors (Lipinski definition) is 5. The van der Waals surface area contributed by atoms with Crippen molar-refractivity contribution in [2.75, 3.05) is 6.61 Å². The van der Waals surface area contributed by atoms with Crippen LogP contribution in [0.2, 0.25) is 0 Å². The van der Waals surface area contributed by atoms with Crippen molar-refractivity contribution < 1.29 is 23.5 Å². The summed E-state index contributed by atoms with van der Waals surface area (Å²) in [6.07, 6.45) is 8.07. The topological polar surface area (TPSA) is 85.6 Å². The first-order chi connectivity index (χ1) is 13.4. The third kappa shape index (κ3) is 3.61. The molecule has 1 N–H and O–H groups in total. The van der Waals surface area contributed by atoms with Crippen LogP contribution in [0.15, 0.2) is 22.8 Å². The largest absolute Gasteiger partial charge is 0.459 e. The van der Waals surface area contributed by atoms with Crippen molar-refractivity contribution in [1.82, 2.24) is 5.32 Å². The number of nitrogens with one attached hydrogen (secondary N) is 1. The van der Waals surface area contributed by atoms with E-state index in [1.165, 1.54) is 31.6 Å². The number of Topliss-reactive ketones (excluding diaryl/α,β-unsaturated/α-hetero) is 1. The Bertz CT molecular complexity index is 716. The zero-order valence-electron chi connectivity index (χ0n) is 16.6. The maximum atomic E-state index is 13.0. The van der Waals surface area contributed by atoms with E-state index in [1.54, 1.807) is 6.07 Å². The highest BCUT2D eigenvalue weighted by atomic mass is 16.5. The van der Waals surface area contributed by atoms with E-state index in [1.807, 2.05) is 13.8 Å². The number of hydrogen-bond donors (Lipinski definition) is 1. The van der Waals surface area contributed by atoms with Crippen LogP contribution in [0.3, 0.4) is 0 Å². The minimum atomic E-state index is -0.818. The lowest BCUT2D eigenvalue weighted by Crippen LogP contribution is -2.51. The van der Waals surface area contributed by atoms with Gasteiger partial charge in [0.05, 0.1) is 6.26 Å². The third-order valence-corrected chi connectivity index (χ3v) is 6.93. The lowest BCUT2D eigenvalue weighted by Gasteiger charge is -2.55. The summed E-state index contributed by atoms with van der Waals surface area (Å²) in [4.78, 5) is 37.8. The average Bonchev–Trinajstić information content (AvgIpc) is 3.17. The highest BCUT2D eigenvalue weighted by Crippen LogP contribution is 2.60. The standard InChI is InChI=1S/C22H29NO5/c1-13(2)19(23-20(25)17-4-3-5-27-17)21(26)28-12-18(24)22-9-14-6-15(10-22)8-16(7-14)11-22/h3-5,13-16,19H,6-12H2,1-2H3,(H,23,25)/t14?,15?,16?,19-,22?/m0/s1. The van der Waals surface area contributed by atoms with Gasteiger partial charge in [0.1, 0.15) is 6.04 Å². The van der Waals surface area contributed by atoms with Crippen LogP contribution in [-0.4, -0.2) is 30.3 Å². The maximum absolute atomic E-state index is 13.0. The van der Waals surface area contributed by atoms with Crippen molar-refractivity contribution in [3.05, 3.63) is 24.2 Å². The lowest BCUT2D eigenvalue weighted by atomic mass is 9.48. The highest BCUT2D eigenvalue weighted by Gasteiger charge is 2.54. The first-order valence-electron chi connectivity index (χ1n) is 10.4. The van der Waals surface area contributed by atoms with Crippen LogP contribution in [-0.2, 0) is 14.3 Å². The molecule has 0 spiro atoms. The van der Waals surface area contributed by atoms with E-state index in [-0.39, 0.29) is 29.5 Å². The van der Waals surface area contributed by atoms with Gasteiger partial charge >= 0.3 is 5.97 Å². The molecule has 28 heavy (non-hydrogen) atoms. The van der Waals surface area contributed by atoms with Crippen molar-refractivity contribution in [3.8, 4) is 0 Å². The van der Waals surface area contributed by atoms with Crippen molar-refractivity contribution in [3.63, 3.8) is 0 Å². The molecule has 0 aromatic carbocycles. The minimum absolute atomic E-state index is 0.0693. The van der Waals surface area contributed by atoms with Gasteiger partial charge in [-0.05, 0) is 74.3 Å². The fraction of sp³-hybridized carbons (Fsp3) is 0.682. The monoisotopic (exact) mass is 387 g/mol. The van der Waals surface area contributed by atoms with Crippen LogP contribution in [0.4, 0.5) is 0 Å². The Morgan fingerprint density at radius 2 is 1.75 bits per heavy atom. The number of amides is 1. The molecule has 1 amide bonds. The Labute approximate surface area is 165 Å². The van der Waals surface area contributed by atoms with Crippen molar-refractivity contribution in [2.45, 2.75) is 58.4 Å². The van der Waals surface area contributed by atoms with E-state index >= 15 is 0 Å². The average molecular weight is 387 g/mol. The van der Waals surface area contributed by atoms with E-state index in [2.05, 4.69) is 5.32 Å². The van der Waals surface area contributed by atoms with Crippen LogP contribution in [0.25, 0.3) is 0 Å². The van der Waals surface area contributed by atoms with Gasteiger partial charge in [-0.1, -0.05) is 13.8 Å². The van der Waals surface area contributed by atoms with Gasteiger partial charge < -0.3 is 14.5 Å². The number of furan rings is 1. The lowest BCUT2D eigenvalue weighted by molar-refractivity contribution is -0.159. The predicted molar refractivity (Wildman–Crippen MR) is 101 cm³/mol. The van der Waals surface area contributed by atoms with Gasteiger partial charge in [-0.15, -0.1) is 0 Å². The molecule has 1 aromatic heterocycles. The van der Waals surface area contributed by atoms with E-state index < -0.39 is 17.9 Å². The minimum Gasteiger partial charge on any atom is -0.459 e. The van der Waals surface area contributed by atoms with E-state index in [4.69, 9.17) is 9.15 Å². The second kappa shape index (κ2) is 7.37. The zero-order valence-corrected chi connectivity index (χ0v) is 16.6. The number of ketones is 1. The maximum Gasteiger partial charge on any atom is 0.329 e. The Morgan fingerprint density at radius 3 is 2.25 bits per heavy atom. The molecule has 152 valence electrons. The molecule has 5 rings (SSSR count). The molecule has 4 bridgehead atoms. The molecular weight excluding hydrogens is 358 g/mol. The van der Waals surface area contributed by atoms with Gasteiger partial charge in [-0.25, -0.2) is 4.79 Å². The van der Waals surface area contributed by atoms with Crippen molar-refractivity contribution in [1.29, 1.82) is 0 Å². The van der Waals surface area contributed by atoms with Crippen molar-refractivity contribution in [2.24, 2.45) is 29.1 Å². The molecular formula is C22H29NO5. The Morgan fingerprint density at radius 1 is 1.14 bits per heavy atom. The molecule has 1 atom stereocenters. The van der Waals surface area contributed by atoms with Gasteiger partial charge in [0, 0.05) is 5.41 Å². The number of ether oxygens (including phenoxy) is 1. The summed E-state index contributed by atoms with van der Waals surface area (Å²) < 4.78 is 10.5. The second-order valence-corrected chi connectivity index (χ2v) is 9.40. The Balaban J connectivity index is 1.36. The molecule has 4 fully saturated rings. The molecule has 6 nitrogen and oxygen atoms in total. The summed E-state index contributed by atoms with van der Waals surface area (Å²) in [6, 6.07) is 2.33. The van der Waals surface area contributed by atoms with Gasteiger partial charge in [-0.3, -0.25) is 9.59 Å². The predicted octanol–water partition coefficient (Wildman–Crippen LogP) is 3.36. The third-order valence-electron chi connectivity index (χ3n) is 6.93. The first-order valence-corrected chi connectivity index (χ1v) is 10.4. The van der Waals surface area contributed by atoms with Gasteiger partial charge in [0.25, 0.3) is 5.91 Å². The molecule has 0 aliphatic heterocycles. The normalized spacial score (nSPS) is 31.6. The summed E-state index contributed by atoms with van der Waals surface area (Å²) in [7, 11) is 0. The fourth-order valence-corrected chi connectivity index (χ4v) is 5.95. The summed E-state index contributed by atoms with van der Waals surface area (Å²) in [6.45, 7) is 3.47. The molecule has 0 saturated heterocycles. The number of esters is 1. The number of carbonyl (C=O) groups excluding carboxylic acids is 3. The molecule has 6 heteroatoms. The summed E-state index contributed by atoms with van der Waals surface area (Å²) in [5, 5.41) is 2.66. The van der Waals surface area contributed by atoms with E-state index in [0.717, 1.165) is 19.3 Å². The zero-order chi connectivity index (χ0) is 19.9. The summed E-state index contributed by atoms with van der Waals surface area (Å²) in [5.74, 6) is 1.02. The van der Waals surface area contributed by atoms with Crippen LogP contribution in [0.1, 0.15) is 62.9 Å². The van der Waals surface area contributed by atoms with Gasteiger partial charge in [0.2, 0.25) is 0 Å². The Hall–Kier alpha value is -2.11. The van der Waals surface area contributed by atoms with Crippen LogP contribution in [0, 0.1) is 29.1 Å². The molecule has 0 unspecified atom stereocenters. The first kappa shape index (κ1) is 19.2. The van der Waals surface area contributed by atoms with Crippen molar-refractivity contribution >= 4 is 17.7 Å². The van der Waals surface area contributed by atoms with Gasteiger partial charge in [0.15, 0.2) is 18.2 Å². The number of carbonyl (C=O) groups is 3. The SMILES string of the molecule is CC(C)[C@H](NC(=O)c1ccco1)C(=O)OCC(=O)C12CC3CC(CC(C3)C1)C2. The molecule has 0 radical (unpaired) electrons. The fourth-order valence-electron chi connectivity index (χ4n) is 5.95. The summed E-state index contributed by atoms with van der Waals surface area (Å²) in [5.41, 5.74) is -0.278.